The average Bonchev–Trinajstić information content (AvgIpc) is 2.17. The summed E-state index contributed by atoms with van der Waals surface area (Å²) in [5, 5.41) is -0.302. The third-order valence-corrected chi connectivity index (χ3v) is 2.54. The number of fused-ring (bicyclic) bond motifs is 1. The summed E-state index contributed by atoms with van der Waals surface area (Å²) in [5.74, 6) is -0.244. The smallest absolute Gasteiger partial charge is 0.232 e. The minimum Gasteiger partial charge on any atom is -0.280 e. The molecule has 0 radical (unpaired) electrons. The van der Waals surface area contributed by atoms with E-state index in [2.05, 4.69) is 0 Å². The summed E-state index contributed by atoms with van der Waals surface area (Å²) in [6.07, 6.45) is 4.77. The zero-order valence-electron chi connectivity index (χ0n) is 7.03. The van der Waals surface area contributed by atoms with Gasteiger partial charge >= 0.3 is 0 Å². The van der Waals surface area contributed by atoms with E-state index in [1.165, 1.54) is 5.56 Å². The minimum absolute atomic E-state index is 0.244. The van der Waals surface area contributed by atoms with Crippen molar-refractivity contribution >= 4 is 16.8 Å². The molecule has 2 heteroatoms. The number of halogens is 1. The number of rotatable bonds is 1. The number of hydrogen-bond acceptors (Lipinski definition) is 1. The van der Waals surface area contributed by atoms with Gasteiger partial charge in [0.2, 0.25) is 5.24 Å². The second kappa shape index (κ2) is 3.35. The number of hydrogen-bond donors (Lipinski definition) is 0. The molecule has 66 valence electrons. The van der Waals surface area contributed by atoms with E-state index in [1.807, 2.05) is 36.4 Å². The lowest BCUT2D eigenvalue weighted by molar-refractivity contribution is -0.112. The molecular formula is C11H9ClO. The average molecular weight is 193 g/mol. The van der Waals surface area contributed by atoms with Crippen LogP contribution in [0.3, 0.4) is 0 Å². The van der Waals surface area contributed by atoms with Crippen molar-refractivity contribution in [2.45, 2.75) is 12.3 Å². The zero-order chi connectivity index (χ0) is 9.26. The summed E-state index contributed by atoms with van der Waals surface area (Å²) in [6.45, 7) is 0. The van der Waals surface area contributed by atoms with Crippen LogP contribution in [0, 0.1) is 0 Å². The van der Waals surface area contributed by atoms with E-state index in [0.29, 0.717) is 0 Å². The van der Waals surface area contributed by atoms with Crippen LogP contribution in [0.15, 0.2) is 36.4 Å². The maximum atomic E-state index is 11.1. The number of carbonyl (C=O) groups excluding carboxylic acids is 1. The molecule has 0 bridgehead atoms. The Kier molecular flexibility index (Phi) is 2.19. The minimum atomic E-state index is -0.302. The fourth-order valence-electron chi connectivity index (χ4n) is 1.66. The standard InChI is InChI=1S/C11H9ClO/c12-11(13)10-7-3-5-8-4-1-2-6-9(8)10/h1-4,6-7,10H,5H2. The molecule has 1 aliphatic carbocycles. The summed E-state index contributed by atoms with van der Waals surface area (Å²) in [5.41, 5.74) is 2.24. The first-order valence-corrected chi connectivity index (χ1v) is 4.60. The normalized spacial score (nSPS) is 19.6. The van der Waals surface area contributed by atoms with E-state index in [9.17, 15) is 4.79 Å². The van der Waals surface area contributed by atoms with Gasteiger partial charge in [-0.05, 0) is 29.1 Å². The van der Waals surface area contributed by atoms with Gasteiger partial charge in [0.05, 0.1) is 5.92 Å². The van der Waals surface area contributed by atoms with Gasteiger partial charge in [0.1, 0.15) is 0 Å². The van der Waals surface area contributed by atoms with Gasteiger partial charge in [-0.1, -0.05) is 36.4 Å². The SMILES string of the molecule is O=C(Cl)C1C=CCc2ccccc21. The van der Waals surface area contributed by atoms with E-state index in [0.717, 1.165) is 12.0 Å². The lowest BCUT2D eigenvalue weighted by Crippen LogP contribution is -2.09. The van der Waals surface area contributed by atoms with Crippen molar-refractivity contribution in [1.29, 1.82) is 0 Å². The van der Waals surface area contributed by atoms with E-state index in [4.69, 9.17) is 11.6 Å². The highest BCUT2D eigenvalue weighted by Gasteiger charge is 2.20. The lowest BCUT2D eigenvalue weighted by atomic mass is 9.89. The molecule has 2 rings (SSSR count). The van der Waals surface area contributed by atoms with Crippen LogP contribution in [-0.2, 0) is 11.2 Å². The van der Waals surface area contributed by atoms with Gasteiger partial charge in [0.15, 0.2) is 0 Å². The summed E-state index contributed by atoms with van der Waals surface area (Å²) < 4.78 is 0. The molecule has 0 heterocycles. The van der Waals surface area contributed by atoms with Crippen LogP contribution in [-0.4, -0.2) is 5.24 Å². The topological polar surface area (TPSA) is 17.1 Å². The van der Waals surface area contributed by atoms with Crippen molar-refractivity contribution < 1.29 is 4.79 Å². The predicted octanol–water partition coefficient (Wildman–Crippen LogP) is 2.65. The maximum Gasteiger partial charge on any atom is 0.232 e. The Balaban J connectivity index is 2.48. The summed E-state index contributed by atoms with van der Waals surface area (Å²) in [7, 11) is 0. The summed E-state index contributed by atoms with van der Waals surface area (Å²) >= 11 is 5.49. The molecule has 0 saturated carbocycles. The molecule has 0 spiro atoms. The molecule has 1 nitrogen and oxygen atoms in total. The Morgan fingerprint density at radius 1 is 1.38 bits per heavy atom. The molecule has 0 aromatic heterocycles. The second-order valence-corrected chi connectivity index (χ2v) is 3.49. The van der Waals surface area contributed by atoms with Crippen molar-refractivity contribution in [1.82, 2.24) is 0 Å². The van der Waals surface area contributed by atoms with Crippen molar-refractivity contribution in [3.05, 3.63) is 47.5 Å². The van der Waals surface area contributed by atoms with Crippen LogP contribution >= 0.6 is 11.6 Å². The number of benzene rings is 1. The van der Waals surface area contributed by atoms with Crippen molar-refractivity contribution in [3.63, 3.8) is 0 Å². The van der Waals surface area contributed by atoms with E-state index in [-0.39, 0.29) is 11.2 Å². The maximum absolute atomic E-state index is 11.1. The molecule has 1 atom stereocenters. The van der Waals surface area contributed by atoms with Crippen molar-refractivity contribution in [3.8, 4) is 0 Å². The lowest BCUT2D eigenvalue weighted by Gasteiger charge is -2.16. The highest BCUT2D eigenvalue weighted by atomic mass is 35.5. The van der Waals surface area contributed by atoms with Crippen LogP contribution in [0.5, 0.6) is 0 Å². The van der Waals surface area contributed by atoms with Crippen LogP contribution < -0.4 is 0 Å². The summed E-state index contributed by atoms with van der Waals surface area (Å²) in [6, 6.07) is 7.91. The Morgan fingerprint density at radius 3 is 2.92 bits per heavy atom. The molecular weight excluding hydrogens is 184 g/mol. The van der Waals surface area contributed by atoms with Gasteiger partial charge in [-0.3, -0.25) is 4.79 Å². The number of allylic oxidation sites excluding steroid dienone is 2. The molecule has 1 aromatic carbocycles. The molecule has 1 aromatic rings. The fourth-order valence-corrected chi connectivity index (χ4v) is 1.85. The van der Waals surface area contributed by atoms with E-state index >= 15 is 0 Å². The van der Waals surface area contributed by atoms with Crippen molar-refractivity contribution in [2.75, 3.05) is 0 Å². The Hall–Kier alpha value is -1.08. The molecule has 0 amide bonds. The Morgan fingerprint density at radius 2 is 2.15 bits per heavy atom. The quantitative estimate of drug-likeness (QED) is 0.494. The highest BCUT2D eigenvalue weighted by molar-refractivity contribution is 6.65. The first kappa shape index (κ1) is 8.52. The van der Waals surface area contributed by atoms with Gasteiger partial charge in [0.25, 0.3) is 0 Å². The van der Waals surface area contributed by atoms with E-state index in [1.54, 1.807) is 0 Å². The molecule has 0 N–H and O–H groups in total. The largest absolute Gasteiger partial charge is 0.280 e. The zero-order valence-corrected chi connectivity index (χ0v) is 7.79. The van der Waals surface area contributed by atoms with E-state index < -0.39 is 0 Å². The molecule has 0 fully saturated rings. The third-order valence-electron chi connectivity index (χ3n) is 2.30. The van der Waals surface area contributed by atoms with Gasteiger partial charge in [0, 0.05) is 0 Å². The highest BCUT2D eigenvalue weighted by Crippen LogP contribution is 2.28. The van der Waals surface area contributed by atoms with Gasteiger partial charge in [-0.15, -0.1) is 0 Å². The molecule has 13 heavy (non-hydrogen) atoms. The van der Waals surface area contributed by atoms with Crippen LogP contribution in [0.1, 0.15) is 17.0 Å². The predicted molar refractivity (Wildman–Crippen MR) is 52.9 cm³/mol. The van der Waals surface area contributed by atoms with Gasteiger partial charge in [-0.25, -0.2) is 0 Å². The molecule has 1 unspecified atom stereocenters. The fraction of sp³-hybridized carbons (Fsp3) is 0.182. The summed E-state index contributed by atoms with van der Waals surface area (Å²) in [4.78, 5) is 11.1. The first-order valence-electron chi connectivity index (χ1n) is 4.23. The molecule has 0 aliphatic heterocycles. The van der Waals surface area contributed by atoms with Crippen molar-refractivity contribution in [2.24, 2.45) is 0 Å². The Bertz CT molecular complexity index is 368. The first-order chi connectivity index (χ1) is 6.29. The van der Waals surface area contributed by atoms with Crippen LogP contribution in [0.2, 0.25) is 0 Å². The molecule has 1 aliphatic rings. The van der Waals surface area contributed by atoms with Crippen LogP contribution in [0.4, 0.5) is 0 Å². The Labute approximate surface area is 82.0 Å². The third kappa shape index (κ3) is 1.52. The monoisotopic (exact) mass is 192 g/mol. The van der Waals surface area contributed by atoms with Gasteiger partial charge in [-0.2, -0.15) is 0 Å². The van der Waals surface area contributed by atoms with Crippen LogP contribution in [0.25, 0.3) is 0 Å². The number of carbonyl (C=O) groups is 1. The second-order valence-electron chi connectivity index (χ2n) is 3.11. The molecule has 0 saturated heterocycles. The van der Waals surface area contributed by atoms with Gasteiger partial charge < -0.3 is 0 Å².